The summed E-state index contributed by atoms with van der Waals surface area (Å²) >= 11 is 0. The van der Waals surface area contributed by atoms with Crippen molar-refractivity contribution >= 4 is 11.5 Å². The average Bonchev–Trinajstić information content (AvgIpc) is 2.05. The van der Waals surface area contributed by atoms with Crippen LogP contribution in [0, 0.1) is 0 Å². The molecule has 0 aromatic heterocycles. The van der Waals surface area contributed by atoms with Crippen LogP contribution in [0.3, 0.4) is 0 Å². The number of aromatic hydroxyl groups is 1. The Morgan fingerprint density at radius 1 is 1.40 bits per heavy atom. The van der Waals surface area contributed by atoms with E-state index in [0.717, 1.165) is 19.1 Å². The summed E-state index contributed by atoms with van der Waals surface area (Å²) in [6.07, 6.45) is -4.76. The van der Waals surface area contributed by atoms with Crippen LogP contribution in [0.5, 0.6) is 5.75 Å². The monoisotopic (exact) mass is 219 g/mol. The van der Waals surface area contributed by atoms with Crippen molar-refractivity contribution in [2.45, 2.75) is 13.1 Å². The van der Waals surface area contributed by atoms with Gasteiger partial charge in [0.05, 0.1) is 11.1 Å². The number of nitrogen functional groups attached to an aromatic ring is 1. The number of hydrogen-bond donors (Lipinski definition) is 2. The third-order valence-corrected chi connectivity index (χ3v) is 1.85. The number of alkyl halides is 3. The summed E-state index contributed by atoms with van der Waals surface area (Å²) in [6.45, 7) is 0.934. The second-order valence-corrected chi connectivity index (χ2v) is 2.98. The number of hydrogen-bond acceptors (Lipinski definition) is 3. The summed E-state index contributed by atoms with van der Waals surface area (Å²) in [5.41, 5.74) is 2.48. The largest absolute Gasteiger partial charge is 0.507 e. The zero-order valence-corrected chi connectivity index (χ0v) is 7.72. The summed E-state index contributed by atoms with van der Waals surface area (Å²) < 4.78 is 37.5. The van der Waals surface area contributed by atoms with Crippen molar-refractivity contribution < 1.29 is 23.1 Å². The van der Waals surface area contributed by atoms with Crippen LogP contribution in [0.2, 0.25) is 0 Å². The first kappa shape index (κ1) is 11.4. The van der Waals surface area contributed by atoms with Crippen LogP contribution in [0.4, 0.5) is 18.9 Å². The van der Waals surface area contributed by atoms with E-state index in [0.29, 0.717) is 0 Å². The molecule has 0 aliphatic carbocycles. The quantitative estimate of drug-likeness (QED) is 0.432. The van der Waals surface area contributed by atoms with Crippen LogP contribution in [0.1, 0.15) is 22.8 Å². The fourth-order valence-electron chi connectivity index (χ4n) is 1.27. The van der Waals surface area contributed by atoms with Crippen LogP contribution in [-0.2, 0) is 6.18 Å². The number of rotatable bonds is 1. The van der Waals surface area contributed by atoms with E-state index >= 15 is 0 Å². The second-order valence-electron chi connectivity index (χ2n) is 2.98. The van der Waals surface area contributed by atoms with Gasteiger partial charge in [-0.15, -0.1) is 0 Å². The molecule has 0 spiro atoms. The molecule has 0 fully saturated rings. The minimum absolute atomic E-state index is 0.578. The Labute approximate surface area is 83.3 Å². The predicted molar refractivity (Wildman–Crippen MR) is 47.5 cm³/mol. The Kier molecular flexibility index (Phi) is 2.61. The molecule has 0 radical (unpaired) electrons. The molecule has 0 amide bonds. The molecule has 0 bridgehead atoms. The molecular formula is C9H8F3NO2. The van der Waals surface area contributed by atoms with Crippen molar-refractivity contribution in [1.29, 1.82) is 0 Å². The fraction of sp³-hybridized carbons (Fsp3) is 0.222. The number of carbonyl (C=O) groups is 1. The van der Waals surface area contributed by atoms with Gasteiger partial charge in [-0.1, -0.05) is 0 Å². The maximum Gasteiger partial charge on any atom is 0.419 e. The zero-order chi connectivity index (χ0) is 11.8. The topological polar surface area (TPSA) is 63.3 Å². The molecule has 3 N–H and O–H groups in total. The van der Waals surface area contributed by atoms with E-state index in [1.807, 2.05) is 0 Å². The molecular weight excluding hydrogens is 211 g/mol. The Morgan fingerprint density at radius 2 is 1.93 bits per heavy atom. The number of ketones is 1. The normalized spacial score (nSPS) is 11.5. The third kappa shape index (κ3) is 2.03. The first-order chi connectivity index (χ1) is 6.75. The molecule has 0 heterocycles. The minimum Gasteiger partial charge on any atom is -0.507 e. The Morgan fingerprint density at radius 3 is 2.27 bits per heavy atom. The summed E-state index contributed by atoms with van der Waals surface area (Å²) in [4.78, 5) is 11.0. The van der Waals surface area contributed by atoms with Crippen molar-refractivity contribution in [3.63, 3.8) is 0 Å². The van der Waals surface area contributed by atoms with E-state index in [4.69, 9.17) is 5.73 Å². The smallest absolute Gasteiger partial charge is 0.419 e. The van der Waals surface area contributed by atoms with Gasteiger partial charge >= 0.3 is 6.18 Å². The summed E-state index contributed by atoms with van der Waals surface area (Å²) in [5, 5.41) is 9.17. The van der Waals surface area contributed by atoms with Gasteiger partial charge in [0.1, 0.15) is 5.75 Å². The van der Waals surface area contributed by atoms with Crippen LogP contribution < -0.4 is 5.73 Å². The van der Waals surface area contributed by atoms with Crippen LogP contribution in [0.15, 0.2) is 12.1 Å². The SMILES string of the molecule is CC(=O)c1c(O)ccc(N)c1C(F)(F)F. The molecule has 15 heavy (non-hydrogen) atoms. The molecule has 6 heteroatoms. The van der Waals surface area contributed by atoms with Gasteiger partial charge in [-0.25, -0.2) is 0 Å². The lowest BCUT2D eigenvalue weighted by molar-refractivity contribution is -0.137. The molecule has 0 atom stereocenters. The highest BCUT2D eigenvalue weighted by atomic mass is 19.4. The predicted octanol–water partition coefficient (Wildman–Crippen LogP) is 2.20. The number of anilines is 1. The van der Waals surface area contributed by atoms with Gasteiger partial charge in [-0.3, -0.25) is 4.79 Å². The number of nitrogens with two attached hydrogens (primary N) is 1. The number of halogens is 3. The van der Waals surface area contributed by atoms with Crippen molar-refractivity contribution in [3.8, 4) is 5.75 Å². The molecule has 1 rings (SSSR count). The van der Waals surface area contributed by atoms with Crippen molar-refractivity contribution in [3.05, 3.63) is 23.3 Å². The van der Waals surface area contributed by atoms with Gasteiger partial charge in [0.2, 0.25) is 0 Å². The highest BCUT2D eigenvalue weighted by Gasteiger charge is 2.38. The van der Waals surface area contributed by atoms with Crippen LogP contribution in [0.25, 0.3) is 0 Å². The summed E-state index contributed by atoms with van der Waals surface area (Å²) in [5.74, 6) is -1.60. The fourth-order valence-corrected chi connectivity index (χ4v) is 1.27. The molecule has 82 valence electrons. The lowest BCUT2D eigenvalue weighted by Crippen LogP contribution is -2.14. The molecule has 0 unspecified atom stereocenters. The molecule has 1 aromatic carbocycles. The number of Topliss-reactive ketones (excluding diaryl/α,β-unsaturated/α-hetero) is 1. The maximum atomic E-state index is 12.5. The molecule has 0 aliphatic heterocycles. The Bertz CT molecular complexity index is 413. The van der Waals surface area contributed by atoms with E-state index in [1.54, 1.807) is 0 Å². The molecule has 3 nitrogen and oxygen atoms in total. The lowest BCUT2D eigenvalue weighted by atomic mass is 10.0. The van der Waals surface area contributed by atoms with Crippen LogP contribution in [-0.4, -0.2) is 10.9 Å². The average molecular weight is 219 g/mol. The summed E-state index contributed by atoms with van der Waals surface area (Å²) in [7, 11) is 0. The van der Waals surface area contributed by atoms with Gasteiger partial charge < -0.3 is 10.8 Å². The van der Waals surface area contributed by atoms with Crippen LogP contribution >= 0.6 is 0 Å². The molecule has 0 saturated heterocycles. The standard InChI is InChI=1S/C9H8F3NO2/c1-4(14)7-6(15)3-2-5(13)8(7)9(10,11)12/h2-3,15H,13H2,1H3. The molecule has 1 aromatic rings. The Balaban J connectivity index is 3.60. The van der Waals surface area contributed by atoms with E-state index < -0.39 is 34.5 Å². The van der Waals surface area contributed by atoms with Gasteiger partial charge in [0.25, 0.3) is 0 Å². The van der Waals surface area contributed by atoms with Gasteiger partial charge in [-0.2, -0.15) is 13.2 Å². The number of phenols is 1. The minimum atomic E-state index is -4.76. The summed E-state index contributed by atoms with van der Waals surface area (Å²) in [6, 6.07) is 1.87. The molecule has 0 aliphatic rings. The van der Waals surface area contributed by atoms with Crippen molar-refractivity contribution in [1.82, 2.24) is 0 Å². The second kappa shape index (κ2) is 3.45. The lowest BCUT2D eigenvalue weighted by Gasteiger charge is -2.14. The first-order valence-electron chi connectivity index (χ1n) is 3.94. The third-order valence-electron chi connectivity index (χ3n) is 1.85. The number of carbonyl (C=O) groups excluding carboxylic acids is 1. The highest BCUT2D eigenvalue weighted by molar-refractivity contribution is 5.99. The first-order valence-corrected chi connectivity index (χ1v) is 3.94. The van der Waals surface area contributed by atoms with Gasteiger partial charge in [-0.05, 0) is 19.1 Å². The highest BCUT2D eigenvalue weighted by Crippen LogP contribution is 2.39. The number of phenolic OH excluding ortho intramolecular Hbond substituents is 1. The Hall–Kier alpha value is -1.72. The molecule has 0 saturated carbocycles. The van der Waals surface area contributed by atoms with E-state index in [2.05, 4.69) is 0 Å². The van der Waals surface area contributed by atoms with Gasteiger partial charge in [0.15, 0.2) is 5.78 Å². The van der Waals surface area contributed by atoms with Crippen molar-refractivity contribution in [2.75, 3.05) is 5.73 Å². The maximum absolute atomic E-state index is 12.5. The van der Waals surface area contributed by atoms with Crippen molar-refractivity contribution in [2.24, 2.45) is 0 Å². The van der Waals surface area contributed by atoms with Gasteiger partial charge in [0, 0.05) is 5.69 Å². The number of benzene rings is 1. The van der Waals surface area contributed by atoms with E-state index in [1.165, 1.54) is 0 Å². The van der Waals surface area contributed by atoms with E-state index in [9.17, 15) is 23.1 Å². The zero-order valence-electron chi connectivity index (χ0n) is 7.72. The van der Waals surface area contributed by atoms with E-state index in [-0.39, 0.29) is 0 Å².